The number of ether oxygens (including phenoxy) is 1. The first-order valence-corrected chi connectivity index (χ1v) is 7.12. The molecule has 0 amide bonds. The van der Waals surface area contributed by atoms with E-state index in [1.54, 1.807) is 13.1 Å². The van der Waals surface area contributed by atoms with Crippen LogP contribution in [0.1, 0.15) is 11.1 Å². The number of nitro groups is 1. The van der Waals surface area contributed by atoms with Gasteiger partial charge in [0.1, 0.15) is 11.5 Å². The summed E-state index contributed by atoms with van der Waals surface area (Å²) >= 11 is 3.50. The van der Waals surface area contributed by atoms with Crippen LogP contribution in [0, 0.1) is 24.0 Å². The number of hydrogen-bond acceptors (Lipinski definition) is 4. The highest BCUT2D eigenvalue weighted by atomic mass is 79.9. The van der Waals surface area contributed by atoms with Crippen molar-refractivity contribution < 1.29 is 9.66 Å². The van der Waals surface area contributed by atoms with Crippen LogP contribution in [0.3, 0.4) is 0 Å². The van der Waals surface area contributed by atoms with Crippen molar-refractivity contribution in [2.45, 2.75) is 13.8 Å². The largest absolute Gasteiger partial charge is 0.457 e. The second-order valence-corrected chi connectivity index (χ2v) is 5.49. The van der Waals surface area contributed by atoms with Gasteiger partial charge >= 0.3 is 0 Å². The molecule has 5 nitrogen and oxygen atoms in total. The van der Waals surface area contributed by atoms with E-state index in [9.17, 15) is 10.1 Å². The number of aryl methyl sites for hydroxylation is 2. The summed E-state index contributed by atoms with van der Waals surface area (Å²) in [6, 6.07) is 8.36. The van der Waals surface area contributed by atoms with Crippen molar-refractivity contribution in [3.8, 4) is 11.5 Å². The van der Waals surface area contributed by atoms with Crippen molar-refractivity contribution >= 4 is 27.3 Å². The molecule has 0 bridgehead atoms. The average molecular weight is 351 g/mol. The van der Waals surface area contributed by atoms with E-state index in [4.69, 9.17) is 4.74 Å². The SMILES string of the molecule is CNc1cc(Oc2cc(C)c(Br)c(C)c2)cc([N+](=O)[O-])c1. The Balaban J connectivity index is 2.39. The number of anilines is 1. The van der Waals surface area contributed by atoms with Crippen molar-refractivity contribution in [1.29, 1.82) is 0 Å². The van der Waals surface area contributed by atoms with Gasteiger partial charge in [0, 0.05) is 29.3 Å². The Bertz CT molecular complexity index is 678. The summed E-state index contributed by atoms with van der Waals surface area (Å²) in [6.45, 7) is 3.94. The van der Waals surface area contributed by atoms with Crippen molar-refractivity contribution in [2.75, 3.05) is 12.4 Å². The number of nitrogens with zero attached hydrogens (tertiary/aromatic N) is 1. The number of benzene rings is 2. The van der Waals surface area contributed by atoms with E-state index in [0.717, 1.165) is 15.6 Å². The predicted octanol–water partition coefficient (Wildman–Crippen LogP) is 4.81. The van der Waals surface area contributed by atoms with Gasteiger partial charge in [-0.1, -0.05) is 15.9 Å². The predicted molar refractivity (Wildman–Crippen MR) is 86.3 cm³/mol. The quantitative estimate of drug-likeness (QED) is 0.634. The minimum atomic E-state index is -0.439. The van der Waals surface area contributed by atoms with Gasteiger partial charge in [-0.05, 0) is 37.1 Å². The third-order valence-corrected chi connectivity index (χ3v) is 4.29. The first kappa shape index (κ1) is 15.3. The summed E-state index contributed by atoms with van der Waals surface area (Å²) in [6.07, 6.45) is 0. The van der Waals surface area contributed by atoms with E-state index in [1.165, 1.54) is 12.1 Å². The van der Waals surface area contributed by atoms with E-state index < -0.39 is 4.92 Å². The zero-order chi connectivity index (χ0) is 15.6. The standard InChI is InChI=1S/C15H15BrN2O3/c1-9-4-13(5-10(2)15(9)16)21-14-7-11(17-3)6-12(8-14)18(19)20/h4-8,17H,1-3H3. The summed E-state index contributed by atoms with van der Waals surface area (Å²) in [4.78, 5) is 10.5. The van der Waals surface area contributed by atoms with Gasteiger partial charge in [-0.15, -0.1) is 0 Å². The van der Waals surface area contributed by atoms with Gasteiger partial charge in [-0.25, -0.2) is 0 Å². The highest BCUT2D eigenvalue weighted by Crippen LogP contribution is 2.32. The molecule has 2 aromatic carbocycles. The second-order valence-electron chi connectivity index (χ2n) is 4.70. The van der Waals surface area contributed by atoms with Crippen LogP contribution in [0.2, 0.25) is 0 Å². The number of nitrogens with one attached hydrogen (secondary N) is 1. The van der Waals surface area contributed by atoms with Gasteiger partial charge in [-0.3, -0.25) is 10.1 Å². The first-order valence-electron chi connectivity index (χ1n) is 6.32. The summed E-state index contributed by atoms with van der Waals surface area (Å²) in [7, 11) is 1.71. The molecule has 1 N–H and O–H groups in total. The highest BCUT2D eigenvalue weighted by Gasteiger charge is 2.11. The summed E-state index contributed by atoms with van der Waals surface area (Å²) in [5.74, 6) is 1.07. The molecule has 0 fully saturated rings. The molecule has 110 valence electrons. The molecule has 0 saturated carbocycles. The number of nitro benzene ring substituents is 1. The van der Waals surface area contributed by atoms with Crippen LogP contribution in [0.15, 0.2) is 34.8 Å². The van der Waals surface area contributed by atoms with E-state index in [0.29, 0.717) is 17.2 Å². The fourth-order valence-electron chi connectivity index (χ4n) is 1.99. The normalized spacial score (nSPS) is 10.3. The minimum absolute atomic E-state index is 0.0117. The molecule has 0 heterocycles. The minimum Gasteiger partial charge on any atom is -0.457 e. The van der Waals surface area contributed by atoms with Gasteiger partial charge in [0.2, 0.25) is 0 Å². The summed E-state index contributed by atoms with van der Waals surface area (Å²) in [5.41, 5.74) is 2.71. The monoisotopic (exact) mass is 350 g/mol. The molecular weight excluding hydrogens is 336 g/mol. The van der Waals surface area contributed by atoms with Gasteiger partial charge < -0.3 is 10.1 Å². The van der Waals surface area contributed by atoms with E-state index in [-0.39, 0.29) is 5.69 Å². The maximum Gasteiger partial charge on any atom is 0.275 e. The topological polar surface area (TPSA) is 64.4 Å². The van der Waals surface area contributed by atoms with Crippen LogP contribution in [0.4, 0.5) is 11.4 Å². The van der Waals surface area contributed by atoms with Gasteiger partial charge in [0.05, 0.1) is 11.0 Å². The van der Waals surface area contributed by atoms with Crippen LogP contribution < -0.4 is 10.1 Å². The van der Waals surface area contributed by atoms with Gasteiger partial charge in [0.25, 0.3) is 5.69 Å². The van der Waals surface area contributed by atoms with Crippen molar-refractivity contribution in [2.24, 2.45) is 0 Å². The Labute approximate surface area is 131 Å². The molecule has 0 aliphatic carbocycles. The van der Waals surface area contributed by atoms with Gasteiger partial charge in [-0.2, -0.15) is 0 Å². The summed E-state index contributed by atoms with van der Waals surface area (Å²) < 4.78 is 6.80. The van der Waals surface area contributed by atoms with Crippen molar-refractivity contribution in [1.82, 2.24) is 0 Å². The third kappa shape index (κ3) is 3.52. The average Bonchev–Trinajstić information content (AvgIpc) is 2.44. The fourth-order valence-corrected chi connectivity index (χ4v) is 2.22. The molecule has 0 unspecified atom stereocenters. The van der Waals surface area contributed by atoms with Crippen LogP contribution in [0.25, 0.3) is 0 Å². The lowest BCUT2D eigenvalue weighted by molar-refractivity contribution is -0.384. The second kappa shape index (κ2) is 6.13. The lowest BCUT2D eigenvalue weighted by Gasteiger charge is -2.11. The number of non-ortho nitro benzene ring substituents is 1. The fraction of sp³-hybridized carbons (Fsp3) is 0.200. The molecule has 0 spiro atoms. The zero-order valence-electron chi connectivity index (χ0n) is 11.9. The molecule has 2 aromatic rings. The van der Waals surface area contributed by atoms with Crippen LogP contribution in [-0.4, -0.2) is 12.0 Å². The molecule has 0 radical (unpaired) electrons. The molecule has 21 heavy (non-hydrogen) atoms. The number of hydrogen-bond donors (Lipinski definition) is 1. The molecule has 0 aliphatic rings. The third-order valence-electron chi connectivity index (χ3n) is 3.04. The Morgan fingerprint density at radius 1 is 1.10 bits per heavy atom. The zero-order valence-corrected chi connectivity index (χ0v) is 13.5. The summed E-state index contributed by atoms with van der Waals surface area (Å²) in [5, 5.41) is 13.8. The Morgan fingerprint density at radius 2 is 1.67 bits per heavy atom. The molecule has 6 heteroatoms. The Hall–Kier alpha value is -2.08. The maximum atomic E-state index is 10.9. The van der Waals surface area contributed by atoms with Crippen LogP contribution in [-0.2, 0) is 0 Å². The lowest BCUT2D eigenvalue weighted by Crippen LogP contribution is -1.95. The highest BCUT2D eigenvalue weighted by molar-refractivity contribution is 9.10. The van der Waals surface area contributed by atoms with Gasteiger partial charge in [0.15, 0.2) is 0 Å². The van der Waals surface area contributed by atoms with Crippen molar-refractivity contribution in [3.63, 3.8) is 0 Å². The molecule has 0 saturated heterocycles. The molecule has 0 aromatic heterocycles. The lowest BCUT2D eigenvalue weighted by atomic mass is 10.1. The molecule has 2 rings (SSSR count). The Morgan fingerprint density at radius 3 is 2.19 bits per heavy atom. The van der Waals surface area contributed by atoms with Crippen molar-refractivity contribution in [3.05, 3.63) is 56.0 Å². The molecular formula is C15H15BrN2O3. The van der Waals surface area contributed by atoms with E-state index in [2.05, 4.69) is 21.2 Å². The van der Waals surface area contributed by atoms with E-state index >= 15 is 0 Å². The number of rotatable bonds is 4. The van der Waals surface area contributed by atoms with Crippen LogP contribution in [0.5, 0.6) is 11.5 Å². The smallest absolute Gasteiger partial charge is 0.275 e. The first-order chi connectivity index (χ1) is 9.90. The Kier molecular flexibility index (Phi) is 4.47. The number of halogens is 1. The van der Waals surface area contributed by atoms with Crippen LogP contribution >= 0.6 is 15.9 Å². The maximum absolute atomic E-state index is 10.9. The molecule has 0 aliphatic heterocycles. The van der Waals surface area contributed by atoms with E-state index in [1.807, 2.05) is 26.0 Å². The molecule has 0 atom stereocenters.